The van der Waals surface area contributed by atoms with Crippen LogP contribution in [0, 0.1) is 18.2 Å². The molecule has 1 fully saturated rings. The van der Waals surface area contributed by atoms with Gasteiger partial charge >= 0.3 is 19.4 Å². The van der Waals surface area contributed by atoms with E-state index in [4.69, 9.17) is 30.7 Å². The molecule has 0 aliphatic carbocycles. The molecule has 13 nitrogen and oxygen atoms in total. The molecule has 206 valence electrons. The topological polar surface area (TPSA) is 184 Å². The molecule has 1 aromatic heterocycles. The second kappa shape index (κ2) is 11.6. The van der Waals surface area contributed by atoms with Gasteiger partial charge in [-0.1, -0.05) is 24.1 Å². The average Bonchev–Trinajstić information content (AvgIpc) is 3.11. The number of terminal acetylenes is 1. The first-order chi connectivity index (χ1) is 17.8. The highest BCUT2D eigenvalue weighted by atomic mass is 31.2. The van der Waals surface area contributed by atoms with Crippen LogP contribution < -0.4 is 21.0 Å². The van der Waals surface area contributed by atoms with E-state index in [0.717, 1.165) is 0 Å². The molecule has 1 aliphatic rings. The minimum Gasteiger partial charge on any atom is -0.462 e. The van der Waals surface area contributed by atoms with Crippen molar-refractivity contribution in [2.45, 2.75) is 57.0 Å². The van der Waals surface area contributed by atoms with Gasteiger partial charge in [0.05, 0.1) is 12.3 Å². The number of esters is 1. The van der Waals surface area contributed by atoms with E-state index < -0.39 is 73.8 Å². The van der Waals surface area contributed by atoms with Gasteiger partial charge in [-0.2, -0.15) is 10.1 Å². The highest BCUT2D eigenvalue weighted by Crippen LogP contribution is 2.47. The minimum absolute atomic E-state index is 0.100. The number of anilines is 1. The van der Waals surface area contributed by atoms with Crippen LogP contribution in [-0.4, -0.2) is 62.3 Å². The van der Waals surface area contributed by atoms with Gasteiger partial charge in [0.15, 0.2) is 23.5 Å². The fraction of sp³-hybridized carbons (Fsp3) is 0.435. The summed E-state index contributed by atoms with van der Waals surface area (Å²) in [6, 6.07) is 6.65. The summed E-state index contributed by atoms with van der Waals surface area (Å²) in [6.07, 6.45) is 0.295. The van der Waals surface area contributed by atoms with Gasteiger partial charge in [-0.3, -0.25) is 13.9 Å². The molecule has 6 atom stereocenters. The number of carbonyl (C=O) groups is 1. The number of ether oxygens (including phenoxy) is 2. The normalized spacial score (nSPS) is 25.4. The van der Waals surface area contributed by atoms with Crippen molar-refractivity contribution in [1.29, 1.82) is 0 Å². The third-order valence-electron chi connectivity index (χ3n) is 5.35. The minimum atomic E-state index is -4.44. The van der Waals surface area contributed by atoms with Crippen LogP contribution in [0.2, 0.25) is 0 Å². The molecule has 0 amide bonds. The Hall–Kier alpha value is -3.31. The van der Waals surface area contributed by atoms with Crippen molar-refractivity contribution in [3.8, 4) is 18.1 Å². The monoisotopic (exact) mass is 554 g/mol. The molecule has 3 rings (SSSR count). The largest absolute Gasteiger partial charge is 0.462 e. The van der Waals surface area contributed by atoms with Crippen molar-refractivity contribution in [3.63, 3.8) is 0 Å². The second-order valence-corrected chi connectivity index (χ2v) is 10.3. The molecular weight excluding hydrogens is 526 g/mol. The maximum atomic E-state index is 14.0. The Morgan fingerprint density at radius 2 is 2.03 bits per heavy atom. The van der Waals surface area contributed by atoms with Crippen LogP contribution >= 0.6 is 7.75 Å². The molecule has 3 unspecified atom stereocenters. The first-order valence-corrected chi connectivity index (χ1v) is 12.9. The molecule has 2 heterocycles. The summed E-state index contributed by atoms with van der Waals surface area (Å²) in [7, 11) is -4.44. The number of nitrogens with zero attached hydrogens (tertiary/aromatic N) is 2. The van der Waals surface area contributed by atoms with Crippen LogP contribution in [0.4, 0.5) is 10.2 Å². The summed E-state index contributed by atoms with van der Waals surface area (Å²) in [5, 5.41) is 23.8. The van der Waals surface area contributed by atoms with Crippen LogP contribution in [0.25, 0.3) is 0 Å². The molecule has 0 bridgehead atoms. The summed E-state index contributed by atoms with van der Waals surface area (Å²) >= 11 is 0. The third kappa shape index (κ3) is 6.39. The first-order valence-electron chi connectivity index (χ1n) is 11.3. The Kier molecular flexibility index (Phi) is 8.94. The standard InChI is InChI=1S/C23H28FN4O9P/c1-5-23(18(30)17(29)20(36-23)28-11-16(24)19(25)26-22(28)32)12-34-38(33,37-15-9-7-6-8-10-15)27-14(4)21(31)35-13(2)3/h1,6-11,13-14,17-18,20,29-30H,12H2,2-4H3,(H,27,33)(H2,25,26,32)/t14-,17?,18?,20+,23+,38?/m0/s1. The van der Waals surface area contributed by atoms with E-state index in [1.807, 2.05) is 0 Å². The van der Waals surface area contributed by atoms with Crippen LogP contribution in [-0.2, 0) is 23.4 Å². The van der Waals surface area contributed by atoms with E-state index in [2.05, 4.69) is 16.0 Å². The number of aliphatic hydroxyl groups excluding tert-OH is 2. The highest BCUT2D eigenvalue weighted by molar-refractivity contribution is 7.52. The first kappa shape index (κ1) is 29.2. The number of nitrogens with two attached hydrogens (primary N) is 1. The zero-order valence-electron chi connectivity index (χ0n) is 20.7. The van der Waals surface area contributed by atoms with Crippen molar-refractivity contribution >= 4 is 19.5 Å². The number of hydrogen-bond donors (Lipinski definition) is 4. The number of aliphatic hydroxyl groups is 2. The van der Waals surface area contributed by atoms with Crippen LogP contribution in [0.1, 0.15) is 27.0 Å². The summed E-state index contributed by atoms with van der Waals surface area (Å²) in [5.74, 6) is -0.285. The van der Waals surface area contributed by atoms with Gasteiger partial charge in [0.1, 0.15) is 30.6 Å². The van der Waals surface area contributed by atoms with Gasteiger partial charge in [-0.05, 0) is 32.9 Å². The van der Waals surface area contributed by atoms with Crippen LogP contribution in [0.5, 0.6) is 5.75 Å². The number of nitrogens with one attached hydrogen (secondary N) is 1. The van der Waals surface area contributed by atoms with E-state index in [1.54, 1.807) is 32.0 Å². The Bertz CT molecular complexity index is 1300. The number of nitrogen functional groups attached to an aromatic ring is 1. The van der Waals surface area contributed by atoms with Crippen molar-refractivity contribution in [3.05, 3.63) is 52.8 Å². The van der Waals surface area contributed by atoms with E-state index in [-0.39, 0.29) is 5.75 Å². The smallest absolute Gasteiger partial charge is 0.459 e. The Balaban J connectivity index is 1.88. The Labute approximate surface area is 217 Å². The predicted molar refractivity (Wildman–Crippen MR) is 131 cm³/mol. The molecule has 15 heteroatoms. The number of halogens is 1. The van der Waals surface area contributed by atoms with Crippen molar-refractivity contribution in [1.82, 2.24) is 14.6 Å². The molecule has 1 aliphatic heterocycles. The maximum absolute atomic E-state index is 14.0. The van der Waals surface area contributed by atoms with Gasteiger partial charge in [0.25, 0.3) is 0 Å². The molecule has 1 aromatic carbocycles. The SMILES string of the molecule is C#C[C@]1(COP(=O)(N[C@@H](C)C(=O)OC(C)C)Oc2ccccc2)O[C@@H](n2cc(F)c(N)nc2=O)C(O)C1O. The Morgan fingerprint density at radius 3 is 2.63 bits per heavy atom. The number of hydrogen-bond acceptors (Lipinski definition) is 11. The van der Waals surface area contributed by atoms with Gasteiger partial charge in [-0.15, -0.1) is 6.42 Å². The number of para-hydroxylation sites is 1. The van der Waals surface area contributed by atoms with Gasteiger partial charge in [-0.25, -0.2) is 13.8 Å². The molecular formula is C23H28FN4O9P. The highest BCUT2D eigenvalue weighted by Gasteiger charge is 2.56. The summed E-state index contributed by atoms with van der Waals surface area (Å²) in [5.41, 5.74) is 2.00. The van der Waals surface area contributed by atoms with E-state index in [9.17, 15) is 28.8 Å². The van der Waals surface area contributed by atoms with Gasteiger partial charge in [0, 0.05) is 0 Å². The number of aromatic nitrogens is 2. The average molecular weight is 554 g/mol. The maximum Gasteiger partial charge on any atom is 0.459 e. The zero-order valence-corrected chi connectivity index (χ0v) is 21.6. The van der Waals surface area contributed by atoms with Crippen LogP contribution in [0.15, 0.2) is 41.3 Å². The van der Waals surface area contributed by atoms with E-state index in [0.29, 0.717) is 10.8 Å². The lowest BCUT2D eigenvalue weighted by Gasteiger charge is -2.29. The molecule has 0 saturated carbocycles. The molecule has 38 heavy (non-hydrogen) atoms. The molecule has 5 N–H and O–H groups in total. The van der Waals surface area contributed by atoms with E-state index >= 15 is 0 Å². The van der Waals surface area contributed by atoms with Crippen LogP contribution in [0.3, 0.4) is 0 Å². The number of benzene rings is 1. The molecule has 2 aromatic rings. The lowest BCUT2D eigenvalue weighted by molar-refractivity contribution is -0.149. The molecule has 0 radical (unpaired) electrons. The third-order valence-corrected chi connectivity index (χ3v) is 6.98. The predicted octanol–water partition coefficient (Wildman–Crippen LogP) is 0.721. The molecule has 1 saturated heterocycles. The lowest BCUT2D eigenvalue weighted by atomic mass is 9.97. The quantitative estimate of drug-likeness (QED) is 0.184. The zero-order chi connectivity index (χ0) is 28.3. The Morgan fingerprint density at radius 1 is 1.37 bits per heavy atom. The van der Waals surface area contributed by atoms with Gasteiger partial charge < -0.3 is 29.9 Å². The van der Waals surface area contributed by atoms with Gasteiger partial charge in [0.2, 0.25) is 0 Å². The summed E-state index contributed by atoms with van der Waals surface area (Å²) < 4.78 is 50.0. The lowest BCUT2D eigenvalue weighted by Crippen LogP contribution is -2.46. The second-order valence-electron chi connectivity index (χ2n) is 8.65. The summed E-state index contributed by atoms with van der Waals surface area (Å²) in [4.78, 5) is 27.8. The number of carbonyl (C=O) groups excluding carboxylic acids is 1. The molecule has 0 spiro atoms. The number of rotatable bonds is 10. The van der Waals surface area contributed by atoms with Crippen molar-refractivity contribution < 1.29 is 42.5 Å². The summed E-state index contributed by atoms with van der Waals surface area (Å²) in [6.45, 7) is 3.76. The fourth-order valence-electron chi connectivity index (χ4n) is 3.44. The van der Waals surface area contributed by atoms with E-state index in [1.165, 1.54) is 19.1 Å². The fourth-order valence-corrected chi connectivity index (χ4v) is 4.96. The van der Waals surface area contributed by atoms with Crippen molar-refractivity contribution in [2.24, 2.45) is 0 Å². The van der Waals surface area contributed by atoms with Crippen molar-refractivity contribution in [2.75, 3.05) is 12.3 Å².